The van der Waals surface area contributed by atoms with Crippen LogP contribution < -0.4 is 30.6 Å². The van der Waals surface area contributed by atoms with Crippen molar-refractivity contribution in [1.29, 1.82) is 0 Å². The number of fused-ring (bicyclic) bond motifs is 1. The minimum atomic E-state index is -1.54. The number of hydrogen-bond donors (Lipinski definition) is 3. The molecular weight excluding hydrogens is 1440 g/mol. The Labute approximate surface area is 655 Å². The molecule has 0 bridgehead atoms. The van der Waals surface area contributed by atoms with E-state index in [0.717, 1.165) is 78.2 Å². The van der Waals surface area contributed by atoms with Crippen LogP contribution in [-0.2, 0) is 49.9 Å². The standard InChI is InChI=1S/C84H117N10O12PS2/c1-60(2)80(99)90-83-89-79-78(82(101)91-83)88-69(56-86-79)57-92(64(8)95)70-44-38-65(39-45-70)81(100)87-63(7)37-46-73(97)34-28-23-21-19-17-15-13-12-14-16-18-20-22-27-33-72(96)35-29-53-108-109-54-30-36-77(98)93-58-76(106-107(105-52-51-85-9)94(61(3)4)62(5)6)55-71(93)59-104-84(66-31-25-24-26-32-66,67-40-47-74(102-10)48-41-67)68-42-49-75(103-11)50-43-68/h24-26,31-32,38-45,47-50,56,60-63,71,76H,12-23,27-30,33-37,46,51-55,57-59H2,1-8,10-11H3,(H,87,100)(H2,86,89,90,91,99,101)/t63-,71+,76-,107?/m1/s1. The summed E-state index contributed by atoms with van der Waals surface area (Å²) in [6.45, 7) is 23.8. The molecule has 1 fully saturated rings. The highest BCUT2D eigenvalue weighted by Crippen LogP contribution is 2.49. The summed E-state index contributed by atoms with van der Waals surface area (Å²) in [6.07, 6.45) is 22.5. The van der Waals surface area contributed by atoms with Crippen molar-refractivity contribution in [3.05, 3.63) is 159 Å². The van der Waals surface area contributed by atoms with Gasteiger partial charge in [0.25, 0.3) is 20.0 Å². The van der Waals surface area contributed by atoms with E-state index < -0.39 is 19.7 Å². The predicted octanol–water partition coefficient (Wildman–Crippen LogP) is 17.4. The Morgan fingerprint density at radius 1 is 0.679 bits per heavy atom. The van der Waals surface area contributed by atoms with Crippen molar-refractivity contribution < 1.29 is 52.0 Å². The topological polar surface area (TPSA) is 258 Å². The van der Waals surface area contributed by atoms with E-state index in [1.54, 1.807) is 73.9 Å². The van der Waals surface area contributed by atoms with Crippen LogP contribution in [-0.4, -0.2) is 147 Å². The molecular formula is C84H117N10O12PS2. The minimum Gasteiger partial charge on any atom is -0.497 e. The molecule has 0 spiro atoms. The zero-order valence-electron chi connectivity index (χ0n) is 65.9. The number of rotatable bonds is 52. The molecule has 0 aliphatic carbocycles. The number of carbonyl (C=O) groups excluding carboxylic acids is 6. The summed E-state index contributed by atoms with van der Waals surface area (Å²) in [5.41, 5.74) is 2.37. The summed E-state index contributed by atoms with van der Waals surface area (Å²) in [4.78, 5) is 113. The van der Waals surface area contributed by atoms with Crippen molar-refractivity contribution in [2.45, 2.75) is 245 Å². The number of ketones is 2. The molecule has 1 aliphatic heterocycles. The third-order valence-electron chi connectivity index (χ3n) is 19.4. The van der Waals surface area contributed by atoms with E-state index in [9.17, 15) is 33.6 Å². The van der Waals surface area contributed by atoms with Crippen molar-refractivity contribution in [1.82, 2.24) is 34.8 Å². The van der Waals surface area contributed by atoms with Gasteiger partial charge in [0.15, 0.2) is 11.2 Å². The van der Waals surface area contributed by atoms with Gasteiger partial charge in [-0.1, -0.05) is 167 Å². The van der Waals surface area contributed by atoms with Gasteiger partial charge in [0.2, 0.25) is 30.2 Å². The third kappa shape index (κ3) is 28.9. The molecule has 0 saturated carbocycles. The number of benzene rings is 4. The molecule has 3 heterocycles. The van der Waals surface area contributed by atoms with Gasteiger partial charge in [-0.3, -0.25) is 43.9 Å². The Balaban J connectivity index is 0.711. The molecule has 0 radical (unpaired) electrons. The first-order chi connectivity index (χ1) is 52.6. The second-order valence-electron chi connectivity index (χ2n) is 29.0. The summed E-state index contributed by atoms with van der Waals surface area (Å²) in [5.74, 6) is 2.55. The Bertz CT molecular complexity index is 3830. The van der Waals surface area contributed by atoms with E-state index in [0.29, 0.717) is 80.6 Å². The third-order valence-corrected chi connectivity index (χ3v) is 24.2. The van der Waals surface area contributed by atoms with Crippen molar-refractivity contribution >= 4 is 88.1 Å². The van der Waals surface area contributed by atoms with Gasteiger partial charge in [0, 0.05) is 92.4 Å². The molecule has 6 aromatic rings. The lowest BCUT2D eigenvalue weighted by Crippen LogP contribution is -2.42. The first-order valence-corrected chi connectivity index (χ1v) is 42.8. The maximum atomic E-state index is 14.6. The molecule has 22 nitrogen and oxygen atoms in total. The van der Waals surface area contributed by atoms with Gasteiger partial charge < -0.3 is 43.2 Å². The lowest BCUT2D eigenvalue weighted by Gasteiger charge is -2.38. The fourth-order valence-corrected chi connectivity index (χ4v) is 17.3. The fraction of sp³-hybridized carbons (Fsp3) is 0.560. The second-order valence-corrected chi connectivity index (χ2v) is 33.1. The summed E-state index contributed by atoms with van der Waals surface area (Å²) in [5, 5.41) is 5.54. The normalized spacial score (nSPS) is 14.3. The number of likely N-dealkylation sites (tertiary alicyclic amines) is 1. The number of unbranched alkanes of at least 4 members (excludes halogenated alkanes) is 13. The molecule has 3 N–H and O–H groups in total. The number of carbonyl (C=O) groups is 6. The summed E-state index contributed by atoms with van der Waals surface area (Å²) < 4.78 is 34.1. The first kappa shape index (κ1) is 88.6. The van der Waals surface area contributed by atoms with E-state index in [2.05, 4.69) is 79.9 Å². The number of hydrogen-bond acceptors (Lipinski definition) is 18. The molecule has 4 atom stereocenters. The van der Waals surface area contributed by atoms with Crippen molar-refractivity contribution in [3.8, 4) is 11.5 Å². The highest BCUT2D eigenvalue weighted by atomic mass is 33.1. The van der Waals surface area contributed by atoms with Crippen LogP contribution in [0.15, 0.2) is 114 Å². The number of aromatic amines is 1. The number of nitrogens with zero attached hydrogens (tertiary/aromatic N) is 7. The van der Waals surface area contributed by atoms with E-state index in [4.69, 9.17) is 29.8 Å². The van der Waals surface area contributed by atoms with Crippen LogP contribution in [0, 0.1) is 12.5 Å². The SMILES string of the molecule is [C-]#[N+]CCOP(O[C@@H]1C[C@@H](COC(c2ccccc2)(c2ccc(OC)cc2)c2ccc(OC)cc2)N(C(=O)CCCSSCCCC(=O)CCCCCCCCCCCCCCCCC(=O)CC[C@@H](C)NC(=O)c2ccc(N(Cc3cnc4nc(NC(=O)C(C)C)[nH]c(=O)c4n3)C(C)=O)cc2)C1)N(C(C)C)C(C)C. The first-order valence-electron chi connectivity index (χ1n) is 39.2. The molecule has 4 aromatic carbocycles. The van der Waals surface area contributed by atoms with Gasteiger partial charge in [0.05, 0.1) is 51.4 Å². The maximum absolute atomic E-state index is 14.6. The lowest BCUT2D eigenvalue weighted by molar-refractivity contribution is -0.134. The number of Topliss-reactive ketones (excluding diaryl/α,β-unsaturated/α-hetero) is 2. The van der Waals surface area contributed by atoms with Gasteiger partial charge in [-0.2, -0.15) is 4.98 Å². The molecule has 25 heteroatoms. The highest BCUT2D eigenvalue weighted by molar-refractivity contribution is 8.76. The van der Waals surface area contributed by atoms with Crippen molar-refractivity contribution in [2.24, 2.45) is 5.92 Å². The number of ether oxygens (including phenoxy) is 3. The molecule has 2 aromatic heterocycles. The monoisotopic (exact) mass is 1550 g/mol. The Morgan fingerprint density at radius 3 is 1.74 bits per heavy atom. The van der Waals surface area contributed by atoms with Crippen molar-refractivity contribution in [3.63, 3.8) is 0 Å². The Kier molecular flexibility index (Phi) is 38.7. The van der Waals surface area contributed by atoms with Crippen LogP contribution in [0.25, 0.3) is 16.0 Å². The number of aromatic nitrogens is 4. The van der Waals surface area contributed by atoms with E-state index in [-0.39, 0.29) is 109 Å². The zero-order chi connectivity index (χ0) is 78.5. The molecule has 4 amide bonds. The molecule has 1 saturated heterocycles. The van der Waals surface area contributed by atoms with Gasteiger partial charge in [0.1, 0.15) is 35.3 Å². The Morgan fingerprint density at radius 2 is 1.21 bits per heavy atom. The number of H-pyrrole nitrogens is 1. The molecule has 7 rings (SSSR count). The van der Waals surface area contributed by atoms with Crippen molar-refractivity contribution in [2.75, 3.05) is 62.2 Å². The second kappa shape index (κ2) is 47.6. The maximum Gasteiger partial charge on any atom is 0.280 e. The number of amides is 4. The average Bonchev–Trinajstić information content (AvgIpc) is 1.52. The van der Waals surface area contributed by atoms with Crippen LogP contribution in [0.1, 0.15) is 236 Å². The molecule has 1 aliphatic rings. The molecule has 1 unspecified atom stereocenters. The van der Waals surface area contributed by atoms with Gasteiger partial charge in [-0.15, -0.1) is 0 Å². The Hall–Kier alpha value is -7.62. The average molecular weight is 1550 g/mol. The number of anilines is 2. The summed E-state index contributed by atoms with van der Waals surface area (Å²) in [7, 11) is 5.32. The van der Waals surface area contributed by atoms with Crippen LogP contribution in [0.3, 0.4) is 0 Å². The van der Waals surface area contributed by atoms with Crippen LogP contribution in [0.2, 0.25) is 0 Å². The lowest BCUT2D eigenvalue weighted by atomic mass is 9.80. The van der Waals surface area contributed by atoms with E-state index in [1.807, 2.05) is 78.6 Å². The fourth-order valence-electron chi connectivity index (χ4n) is 13.5. The summed E-state index contributed by atoms with van der Waals surface area (Å²) >= 11 is 0. The van der Waals surface area contributed by atoms with Gasteiger partial charge >= 0.3 is 0 Å². The summed E-state index contributed by atoms with van der Waals surface area (Å²) in [6, 6.07) is 32.5. The van der Waals surface area contributed by atoms with Gasteiger partial charge in [-0.05, 0) is 138 Å². The van der Waals surface area contributed by atoms with E-state index in [1.165, 1.54) is 75.8 Å². The zero-order valence-corrected chi connectivity index (χ0v) is 68.4. The smallest absolute Gasteiger partial charge is 0.280 e. The molecule has 592 valence electrons. The number of methoxy groups -OCH3 is 2. The van der Waals surface area contributed by atoms with Crippen LogP contribution in [0.5, 0.6) is 11.5 Å². The quantitative estimate of drug-likeness (QED) is 0.0105. The van der Waals surface area contributed by atoms with E-state index >= 15 is 0 Å². The highest BCUT2D eigenvalue weighted by Gasteiger charge is 2.44. The molecule has 109 heavy (non-hydrogen) atoms. The van der Waals surface area contributed by atoms with Crippen LogP contribution in [0.4, 0.5) is 11.6 Å². The number of nitrogens with one attached hydrogen (secondary N) is 3. The minimum absolute atomic E-state index is 0.00531. The van der Waals surface area contributed by atoms with Crippen LogP contribution >= 0.6 is 30.1 Å². The predicted molar refractivity (Wildman–Crippen MR) is 438 cm³/mol. The van der Waals surface area contributed by atoms with Gasteiger partial charge in [-0.25, -0.2) is 21.2 Å². The largest absolute Gasteiger partial charge is 0.497 e.